The molecule has 0 aromatic heterocycles. The summed E-state index contributed by atoms with van der Waals surface area (Å²) in [6, 6.07) is 9.08. The number of carbonyl (C=O) groups is 2. The van der Waals surface area contributed by atoms with Crippen molar-refractivity contribution in [1.82, 2.24) is 5.32 Å². The molecule has 5 nitrogen and oxygen atoms in total. The van der Waals surface area contributed by atoms with E-state index in [0.717, 1.165) is 0 Å². The van der Waals surface area contributed by atoms with Crippen molar-refractivity contribution in [1.29, 1.82) is 0 Å². The Morgan fingerprint density at radius 3 is 2.56 bits per heavy atom. The van der Waals surface area contributed by atoms with Crippen LogP contribution in [0.25, 0.3) is 0 Å². The van der Waals surface area contributed by atoms with Crippen LogP contribution in [0.15, 0.2) is 30.3 Å². The predicted molar refractivity (Wildman–Crippen MR) is 66.2 cm³/mol. The molecule has 5 heteroatoms. The first-order valence-electron chi connectivity index (χ1n) is 5.69. The van der Waals surface area contributed by atoms with Crippen molar-refractivity contribution >= 4 is 11.9 Å². The molecule has 1 unspecified atom stereocenters. The van der Waals surface area contributed by atoms with Crippen LogP contribution in [0.5, 0.6) is 5.75 Å². The van der Waals surface area contributed by atoms with Crippen LogP contribution in [0.3, 0.4) is 0 Å². The van der Waals surface area contributed by atoms with Gasteiger partial charge in [-0.1, -0.05) is 18.2 Å². The Labute approximate surface area is 106 Å². The van der Waals surface area contributed by atoms with Gasteiger partial charge in [0.25, 0.3) is 5.91 Å². The highest BCUT2D eigenvalue weighted by Gasteiger charge is 2.14. The number of hydrogen-bond acceptors (Lipinski definition) is 4. The Morgan fingerprint density at radius 1 is 1.28 bits per heavy atom. The molecule has 0 saturated heterocycles. The van der Waals surface area contributed by atoms with E-state index >= 15 is 0 Å². The van der Waals surface area contributed by atoms with Crippen molar-refractivity contribution in [3.63, 3.8) is 0 Å². The van der Waals surface area contributed by atoms with E-state index in [1.807, 2.05) is 18.2 Å². The largest absolute Gasteiger partial charge is 0.481 e. The van der Waals surface area contributed by atoms with Gasteiger partial charge in [0.1, 0.15) is 5.75 Å². The lowest BCUT2D eigenvalue weighted by Crippen LogP contribution is -2.37. The normalized spacial score (nSPS) is 11.4. The average molecular weight is 251 g/mol. The van der Waals surface area contributed by atoms with E-state index in [0.29, 0.717) is 5.75 Å². The van der Waals surface area contributed by atoms with Crippen molar-refractivity contribution in [2.75, 3.05) is 13.7 Å². The Hall–Kier alpha value is -2.04. The van der Waals surface area contributed by atoms with Gasteiger partial charge >= 0.3 is 5.97 Å². The lowest BCUT2D eigenvalue weighted by atomic mass is 10.3. The first-order chi connectivity index (χ1) is 8.63. The molecule has 0 aliphatic rings. The highest BCUT2D eigenvalue weighted by Crippen LogP contribution is 2.10. The van der Waals surface area contributed by atoms with Gasteiger partial charge in [-0.05, 0) is 19.1 Å². The second kappa shape index (κ2) is 7.32. The van der Waals surface area contributed by atoms with E-state index in [-0.39, 0.29) is 24.8 Å². The van der Waals surface area contributed by atoms with E-state index < -0.39 is 6.10 Å². The third-order valence-corrected chi connectivity index (χ3v) is 2.28. The molecule has 18 heavy (non-hydrogen) atoms. The second-order valence-electron chi connectivity index (χ2n) is 3.69. The molecular weight excluding hydrogens is 234 g/mol. The molecule has 1 atom stereocenters. The van der Waals surface area contributed by atoms with Crippen molar-refractivity contribution in [3.8, 4) is 5.75 Å². The topological polar surface area (TPSA) is 64.6 Å². The lowest BCUT2D eigenvalue weighted by molar-refractivity contribution is -0.140. The maximum atomic E-state index is 11.6. The van der Waals surface area contributed by atoms with Crippen LogP contribution in [0.1, 0.15) is 13.3 Å². The minimum Gasteiger partial charge on any atom is -0.481 e. The van der Waals surface area contributed by atoms with Crippen LogP contribution in [0, 0.1) is 0 Å². The van der Waals surface area contributed by atoms with Crippen LogP contribution in [-0.2, 0) is 14.3 Å². The molecule has 1 rings (SSSR count). The van der Waals surface area contributed by atoms with Crippen LogP contribution in [-0.4, -0.2) is 31.6 Å². The summed E-state index contributed by atoms with van der Waals surface area (Å²) >= 11 is 0. The zero-order valence-electron chi connectivity index (χ0n) is 10.5. The van der Waals surface area contributed by atoms with Crippen molar-refractivity contribution in [2.24, 2.45) is 0 Å². The summed E-state index contributed by atoms with van der Waals surface area (Å²) in [5.41, 5.74) is 0. The van der Waals surface area contributed by atoms with Gasteiger partial charge in [-0.25, -0.2) is 0 Å². The fourth-order valence-electron chi connectivity index (χ4n) is 1.29. The number of methoxy groups -OCH3 is 1. The zero-order valence-corrected chi connectivity index (χ0v) is 10.5. The molecule has 98 valence electrons. The number of carbonyl (C=O) groups excluding carboxylic acids is 2. The molecule has 0 saturated carbocycles. The Kier molecular flexibility index (Phi) is 5.70. The van der Waals surface area contributed by atoms with Gasteiger partial charge in [0, 0.05) is 6.54 Å². The van der Waals surface area contributed by atoms with E-state index in [1.54, 1.807) is 19.1 Å². The van der Waals surface area contributed by atoms with E-state index in [9.17, 15) is 9.59 Å². The molecule has 1 aromatic carbocycles. The van der Waals surface area contributed by atoms with Crippen molar-refractivity contribution in [2.45, 2.75) is 19.4 Å². The molecule has 1 aromatic rings. The first kappa shape index (κ1) is 14.0. The molecule has 0 fully saturated rings. The molecule has 0 aliphatic heterocycles. The summed E-state index contributed by atoms with van der Waals surface area (Å²) < 4.78 is 9.90. The maximum absolute atomic E-state index is 11.6. The molecule has 1 N–H and O–H groups in total. The highest BCUT2D eigenvalue weighted by molar-refractivity contribution is 5.81. The van der Waals surface area contributed by atoms with Gasteiger partial charge in [-0.15, -0.1) is 0 Å². The molecule has 1 amide bonds. The van der Waals surface area contributed by atoms with Gasteiger partial charge in [0.2, 0.25) is 0 Å². The molecule has 0 heterocycles. The summed E-state index contributed by atoms with van der Waals surface area (Å²) in [7, 11) is 1.31. The minimum atomic E-state index is -0.606. The fraction of sp³-hybridized carbons (Fsp3) is 0.385. The SMILES string of the molecule is COC(=O)CCNC(=O)C(C)Oc1ccccc1. The van der Waals surface area contributed by atoms with Crippen LogP contribution < -0.4 is 10.1 Å². The fourth-order valence-corrected chi connectivity index (χ4v) is 1.29. The van der Waals surface area contributed by atoms with Crippen LogP contribution in [0.4, 0.5) is 0 Å². The summed E-state index contributed by atoms with van der Waals surface area (Å²) in [6.07, 6.45) is -0.453. The van der Waals surface area contributed by atoms with Gasteiger partial charge < -0.3 is 14.8 Å². The quantitative estimate of drug-likeness (QED) is 0.770. The number of benzene rings is 1. The highest BCUT2D eigenvalue weighted by atomic mass is 16.5. The first-order valence-corrected chi connectivity index (χ1v) is 5.69. The third-order valence-electron chi connectivity index (χ3n) is 2.28. The zero-order chi connectivity index (χ0) is 13.4. The molecule has 0 spiro atoms. The molecular formula is C13H17NO4. The number of amides is 1. The van der Waals surface area contributed by atoms with E-state index in [2.05, 4.69) is 10.1 Å². The second-order valence-corrected chi connectivity index (χ2v) is 3.69. The Balaban J connectivity index is 2.31. The molecule has 0 aliphatic carbocycles. The van der Waals surface area contributed by atoms with Gasteiger partial charge in [-0.2, -0.15) is 0 Å². The van der Waals surface area contributed by atoms with E-state index in [4.69, 9.17) is 4.74 Å². The van der Waals surface area contributed by atoms with Crippen molar-refractivity contribution in [3.05, 3.63) is 30.3 Å². The summed E-state index contributed by atoms with van der Waals surface area (Å²) in [6.45, 7) is 1.90. The van der Waals surface area contributed by atoms with Gasteiger partial charge in [0.05, 0.1) is 13.5 Å². The maximum Gasteiger partial charge on any atom is 0.307 e. The summed E-state index contributed by atoms with van der Waals surface area (Å²) in [5, 5.41) is 2.60. The number of para-hydroxylation sites is 1. The predicted octanol–water partition coefficient (Wildman–Crippen LogP) is 1.13. The molecule has 0 bridgehead atoms. The monoisotopic (exact) mass is 251 g/mol. The number of hydrogen-bond donors (Lipinski definition) is 1. The van der Waals surface area contributed by atoms with Crippen LogP contribution in [0.2, 0.25) is 0 Å². The summed E-state index contributed by atoms with van der Waals surface area (Å²) in [5.74, 6) is 0.0165. The number of ether oxygens (including phenoxy) is 2. The standard InChI is InChI=1S/C13H17NO4/c1-10(18-11-6-4-3-5-7-11)13(16)14-9-8-12(15)17-2/h3-7,10H,8-9H2,1-2H3,(H,14,16). The van der Waals surface area contributed by atoms with E-state index in [1.165, 1.54) is 7.11 Å². The van der Waals surface area contributed by atoms with Gasteiger partial charge in [-0.3, -0.25) is 9.59 Å². The molecule has 0 radical (unpaired) electrons. The van der Waals surface area contributed by atoms with Crippen LogP contribution >= 0.6 is 0 Å². The number of esters is 1. The smallest absolute Gasteiger partial charge is 0.307 e. The van der Waals surface area contributed by atoms with Crippen molar-refractivity contribution < 1.29 is 19.1 Å². The Bertz CT molecular complexity index is 391. The Morgan fingerprint density at radius 2 is 1.94 bits per heavy atom. The van der Waals surface area contributed by atoms with Gasteiger partial charge in [0.15, 0.2) is 6.10 Å². The average Bonchev–Trinajstić information content (AvgIpc) is 2.39. The lowest BCUT2D eigenvalue weighted by Gasteiger charge is -2.14. The minimum absolute atomic E-state index is 0.153. The number of rotatable bonds is 6. The third kappa shape index (κ3) is 4.86. The summed E-state index contributed by atoms with van der Waals surface area (Å²) in [4.78, 5) is 22.5. The number of nitrogens with one attached hydrogen (secondary N) is 1.